The van der Waals surface area contributed by atoms with Gasteiger partial charge in [0.25, 0.3) is 0 Å². The van der Waals surface area contributed by atoms with Crippen LogP contribution in [0.15, 0.2) is 0 Å². The average Bonchev–Trinajstić information content (AvgIpc) is 2.36. The van der Waals surface area contributed by atoms with Crippen LogP contribution in [0, 0.1) is 0 Å². The average molecular weight is 243 g/mol. The largest absolute Gasteiger partial charge is 0.383 e. The second-order valence-corrected chi connectivity index (χ2v) is 4.59. The number of likely N-dealkylation sites (N-methyl/N-ethyl adjacent to an activating group) is 1. The molecule has 0 saturated carbocycles. The standard InChI is InChI=1S/C12H25N3O2/c1-3-15-7-5-4-6-10(15)8-14-12(16)11(13)9-17-2/h10-11H,3-9,13H2,1-2H3,(H,14,16). The molecule has 1 saturated heterocycles. The van der Waals surface area contributed by atoms with Gasteiger partial charge >= 0.3 is 0 Å². The van der Waals surface area contributed by atoms with Crippen LogP contribution < -0.4 is 11.1 Å². The number of rotatable bonds is 6. The fourth-order valence-corrected chi connectivity index (χ4v) is 2.31. The van der Waals surface area contributed by atoms with Crippen molar-refractivity contribution in [3.05, 3.63) is 0 Å². The Morgan fingerprint density at radius 2 is 2.35 bits per heavy atom. The highest BCUT2D eigenvalue weighted by atomic mass is 16.5. The number of hydrogen-bond acceptors (Lipinski definition) is 4. The summed E-state index contributed by atoms with van der Waals surface area (Å²) in [5, 5.41) is 2.92. The normalized spacial score (nSPS) is 23.4. The lowest BCUT2D eigenvalue weighted by Gasteiger charge is -2.35. The fraction of sp³-hybridized carbons (Fsp3) is 0.917. The number of carbonyl (C=O) groups is 1. The van der Waals surface area contributed by atoms with E-state index in [0.29, 0.717) is 12.6 Å². The lowest BCUT2D eigenvalue weighted by Crippen LogP contribution is -2.50. The topological polar surface area (TPSA) is 67.6 Å². The first kappa shape index (κ1) is 14.4. The number of nitrogens with two attached hydrogens (primary N) is 1. The van der Waals surface area contributed by atoms with Gasteiger partial charge in [0, 0.05) is 19.7 Å². The molecule has 0 bridgehead atoms. The number of nitrogens with one attached hydrogen (secondary N) is 1. The van der Waals surface area contributed by atoms with E-state index in [2.05, 4.69) is 17.1 Å². The highest BCUT2D eigenvalue weighted by Gasteiger charge is 2.22. The Labute approximate surface area is 104 Å². The quantitative estimate of drug-likeness (QED) is 0.686. The molecule has 5 heteroatoms. The van der Waals surface area contributed by atoms with Crippen LogP contribution in [0.2, 0.25) is 0 Å². The van der Waals surface area contributed by atoms with Gasteiger partial charge in [0.2, 0.25) is 5.91 Å². The van der Waals surface area contributed by atoms with Crippen molar-refractivity contribution < 1.29 is 9.53 Å². The van der Waals surface area contributed by atoms with Crippen LogP contribution in [0.1, 0.15) is 26.2 Å². The van der Waals surface area contributed by atoms with Gasteiger partial charge in [-0.25, -0.2) is 0 Å². The molecule has 1 fully saturated rings. The van der Waals surface area contributed by atoms with Crippen LogP contribution in [0.25, 0.3) is 0 Å². The van der Waals surface area contributed by atoms with Crippen molar-refractivity contribution in [2.75, 3.05) is 33.4 Å². The summed E-state index contributed by atoms with van der Waals surface area (Å²) in [5.41, 5.74) is 5.66. The molecule has 2 unspecified atom stereocenters. The Bertz CT molecular complexity index is 236. The molecule has 0 radical (unpaired) electrons. The molecule has 1 amide bonds. The summed E-state index contributed by atoms with van der Waals surface area (Å²) in [6.45, 7) is 5.32. The van der Waals surface area contributed by atoms with E-state index in [-0.39, 0.29) is 12.5 Å². The lowest BCUT2D eigenvalue weighted by molar-refractivity contribution is -0.123. The first-order valence-electron chi connectivity index (χ1n) is 6.45. The Morgan fingerprint density at radius 3 is 3.00 bits per heavy atom. The van der Waals surface area contributed by atoms with E-state index in [4.69, 9.17) is 10.5 Å². The van der Waals surface area contributed by atoms with E-state index in [1.807, 2.05) is 0 Å². The Hall–Kier alpha value is -0.650. The van der Waals surface area contributed by atoms with E-state index >= 15 is 0 Å². The van der Waals surface area contributed by atoms with Gasteiger partial charge in [0.1, 0.15) is 6.04 Å². The maximum atomic E-state index is 11.6. The Morgan fingerprint density at radius 1 is 1.59 bits per heavy atom. The molecular weight excluding hydrogens is 218 g/mol. The number of methoxy groups -OCH3 is 1. The van der Waals surface area contributed by atoms with E-state index in [1.54, 1.807) is 7.11 Å². The van der Waals surface area contributed by atoms with Crippen LogP contribution >= 0.6 is 0 Å². The molecule has 1 aliphatic heterocycles. The predicted molar refractivity (Wildman–Crippen MR) is 67.7 cm³/mol. The summed E-state index contributed by atoms with van der Waals surface area (Å²) in [5.74, 6) is -0.117. The van der Waals surface area contributed by atoms with Crippen molar-refractivity contribution in [2.45, 2.75) is 38.3 Å². The van der Waals surface area contributed by atoms with Gasteiger partial charge < -0.3 is 15.8 Å². The van der Waals surface area contributed by atoms with E-state index in [0.717, 1.165) is 19.5 Å². The zero-order valence-corrected chi connectivity index (χ0v) is 10.9. The number of ether oxygens (including phenoxy) is 1. The van der Waals surface area contributed by atoms with Gasteiger partial charge in [0.15, 0.2) is 0 Å². The molecule has 0 aromatic heterocycles. The van der Waals surface area contributed by atoms with E-state index in [1.165, 1.54) is 12.8 Å². The zero-order chi connectivity index (χ0) is 12.7. The molecule has 0 spiro atoms. The summed E-state index contributed by atoms with van der Waals surface area (Å²) in [6, 6.07) is -0.0916. The third-order valence-electron chi connectivity index (χ3n) is 3.35. The highest BCUT2D eigenvalue weighted by Crippen LogP contribution is 2.15. The van der Waals surface area contributed by atoms with Crippen molar-refractivity contribution >= 4 is 5.91 Å². The van der Waals surface area contributed by atoms with Crippen LogP contribution in [-0.4, -0.2) is 56.2 Å². The first-order chi connectivity index (χ1) is 8.19. The van der Waals surface area contributed by atoms with Crippen LogP contribution in [0.5, 0.6) is 0 Å². The fourth-order valence-electron chi connectivity index (χ4n) is 2.31. The predicted octanol–water partition coefficient (Wildman–Crippen LogP) is -0.0493. The molecule has 0 aromatic carbocycles. The SMILES string of the molecule is CCN1CCCCC1CNC(=O)C(N)COC. The molecule has 3 N–H and O–H groups in total. The number of piperidine rings is 1. The summed E-state index contributed by atoms with van der Waals surface area (Å²) >= 11 is 0. The van der Waals surface area contributed by atoms with Gasteiger partial charge in [-0.05, 0) is 25.9 Å². The zero-order valence-electron chi connectivity index (χ0n) is 10.9. The minimum atomic E-state index is -0.557. The number of amides is 1. The molecule has 17 heavy (non-hydrogen) atoms. The summed E-state index contributed by atoms with van der Waals surface area (Å²) in [4.78, 5) is 14.1. The van der Waals surface area contributed by atoms with Gasteiger partial charge in [0.05, 0.1) is 6.61 Å². The van der Waals surface area contributed by atoms with Crippen LogP contribution in [0.4, 0.5) is 0 Å². The highest BCUT2D eigenvalue weighted by molar-refractivity contribution is 5.81. The minimum Gasteiger partial charge on any atom is -0.383 e. The second-order valence-electron chi connectivity index (χ2n) is 4.59. The number of hydrogen-bond donors (Lipinski definition) is 2. The van der Waals surface area contributed by atoms with Crippen molar-refractivity contribution in [1.29, 1.82) is 0 Å². The van der Waals surface area contributed by atoms with Crippen molar-refractivity contribution in [2.24, 2.45) is 5.73 Å². The summed E-state index contributed by atoms with van der Waals surface area (Å²) in [7, 11) is 1.55. The molecule has 100 valence electrons. The molecule has 0 aromatic rings. The lowest BCUT2D eigenvalue weighted by atomic mass is 10.0. The Balaban J connectivity index is 2.30. The molecule has 5 nitrogen and oxygen atoms in total. The van der Waals surface area contributed by atoms with Crippen molar-refractivity contribution in [1.82, 2.24) is 10.2 Å². The molecular formula is C12H25N3O2. The minimum absolute atomic E-state index is 0.117. The second kappa shape index (κ2) is 7.63. The third-order valence-corrected chi connectivity index (χ3v) is 3.35. The van der Waals surface area contributed by atoms with Crippen LogP contribution in [0.3, 0.4) is 0 Å². The summed E-state index contributed by atoms with van der Waals surface area (Å²) < 4.78 is 4.86. The van der Waals surface area contributed by atoms with Gasteiger partial charge in [-0.1, -0.05) is 13.3 Å². The molecule has 1 aliphatic rings. The van der Waals surface area contributed by atoms with E-state index < -0.39 is 6.04 Å². The molecule has 2 atom stereocenters. The molecule has 0 aliphatic carbocycles. The van der Waals surface area contributed by atoms with Gasteiger partial charge in [-0.3, -0.25) is 9.69 Å². The number of nitrogens with zero attached hydrogens (tertiary/aromatic N) is 1. The molecule has 1 rings (SSSR count). The molecule has 1 heterocycles. The van der Waals surface area contributed by atoms with Crippen molar-refractivity contribution in [3.8, 4) is 0 Å². The number of likely N-dealkylation sites (tertiary alicyclic amines) is 1. The van der Waals surface area contributed by atoms with Gasteiger partial charge in [-0.15, -0.1) is 0 Å². The third kappa shape index (κ3) is 4.61. The van der Waals surface area contributed by atoms with E-state index in [9.17, 15) is 4.79 Å². The van der Waals surface area contributed by atoms with Gasteiger partial charge in [-0.2, -0.15) is 0 Å². The summed E-state index contributed by atoms with van der Waals surface area (Å²) in [6.07, 6.45) is 3.68. The Kier molecular flexibility index (Phi) is 6.47. The maximum Gasteiger partial charge on any atom is 0.239 e. The monoisotopic (exact) mass is 243 g/mol. The van der Waals surface area contributed by atoms with Crippen LogP contribution in [-0.2, 0) is 9.53 Å². The van der Waals surface area contributed by atoms with Crippen molar-refractivity contribution in [3.63, 3.8) is 0 Å². The number of carbonyl (C=O) groups excluding carboxylic acids is 1. The smallest absolute Gasteiger partial charge is 0.239 e. The first-order valence-corrected chi connectivity index (χ1v) is 6.45. The maximum absolute atomic E-state index is 11.6.